The van der Waals surface area contributed by atoms with Crippen LogP contribution in [0.2, 0.25) is 0 Å². The van der Waals surface area contributed by atoms with Gasteiger partial charge >= 0.3 is 0 Å². The van der Waals surface area contributed by atoms with Crippen LogP contribution in [-0.4, -0.2) is 58.7 Å². The van der Waals surface area contributed by atoms with E-state index in [1.807, 2.05) is 11.8 Å². The van der Waals surface area contributed by atoms with Gasteiger partial charge in [-0.3, -0.25) is 0 Å². The number of fused-ring (bicyclic) bond motifs is 1. The summed E-state index contributed by atoms with van der Waals surface area (Å²) >= 11 is 0. The molecule has 3 aromatic heterocycles. The SMILES string of the molecule is CC1c2cnc(-c3ncccn3)nc2CCN1c1cc(C2CNCCS2(=O)=O)cc(F)n1. The fourth-order valence-electron chi connectivity index (χ4n) is 4.28. The second kappa shape index (κ2) is 8.14. The van der Waals surface area contributed by atoms with E-state index in [-0.39, 0.29) is 18.3 Å². The molecule has 0 amide bonds. The highest BCUT2D eigenvalue weighted by Crippen LogP contribution is 2.34. The van der Waals surface area contributed by atoms with Gasteiger partial charge in [0.1, 0.15) is 5.82 Å². The molecule has 5 rings (SSSR count). The Labute approximate surface area is 185 Å². The number of nitrogens with one attached hydrogen (secondary N) is 1. The third-order valence-corrected chi connectivity index (χ3v) is 8.05. The van der Waals surface area contributed by atoms with Crippen LogP contribution in [0.15, 0.2) is 36.8 Å². The van der Waals surface area contributed by atoms with Crippen molar-refractivity contribution in [2.45, 2.75) is 24.6 Å². The van der Waals surface area contributed by atoms with Gasteiger partial charge in [-0.2, -0.15) is 4.39 Å². The van der Waals surface area contributed by atoms with Gasteiger partial charge in [0.2, 0.25) is 5.95 Å². The molecule has 0 aliphatic carbocycles. The highest BCUT2D eigenvalue weighted by atomic mass is 32.2. The molecule has 1 saturated heterocycles. The molecule has 5 heterocycles. The zero-order valence-corrected chi connectivity index (χ0v) is 18.3. The van der Waals surface area contributed by atoms with Gasteiger partial charge in [-0.1, -0.05) is 0 Å². The van der Waals surface area contributed by atoms with E-state index in [9.17, 15) is 12.8 Å². The molecule has 0 aromatic carbocycles. The first-order valence-corrected chi connectivity index (χ1v) is 12.1. The Morgan fingerprint density at radius 1 is 1.12 bits per heavy atom. The Morgan fingerprint density at radius 3 is 2.72 bits per heavy atom. The van der Waals surface area contributed by atoms with Crippen molar-refractivity contribution in [3.63, 3.8) is 0 Å². The van der Waals surface area contributed by atoms with Gasteiger partial charge in [-0.25, -0.2) is 33.3 Å². The predicted molar refractivity (Wildman–Crippen MR) is 116 cm³/mol. The minimum Gasteiger partial charge on any atom is -0.349 e. The Bertz CT molecular complexity index is 1260. The van der Waals surface area contributed by atoms with Crippen molar-refractivity contribution in [2.75, 3.05) is 30.3 Å². The number of aromatic nitrogens is 5. The predicted octanol–water partition coefficient (Wildman–Crippen LogP) is 1.65. The first-order chi connectivity index (χ1) is 15.4. The number of hydrogen-bond acceptors (Lipinski definition) is 9. The van der Waals surface area contributed by atoms with Crippen LogP contribution < -0.4 is 10.2 Å². The van der Waals surface area contributed by atoms with E-state index in [1.54, 1.807) is 30.7 Å². The van der Waals surface area contributed by atoms with Crippen LogP contribution in [0.25, 0.3) is 11.6 Å². The van der Waals surface area contributed by atoms with E-state index in [0.717, 1.165) is 11.3 Å². The minimum absolute atomic E-state index is 0.0369. The molecule has 3 aromatic rings. The molecule has 11 heteroatoms. The van der Waals surface area contributed by atoms with E-state index in [1.165, 1.54) is 6.07 Å². The number of hydrogen-bond donors (Lipinski definition) is 1. The maximum absolute atomic E-state index is 14.5. The fourth-order valence-corrected chi connectivity index (χ4v) is 5.91. The molecule has 9 nitrogen and oxygen atoms in total. The topological polar surface area (TPSA) is 114 Å². The zero-order valence-electron chi connectivity index (χ0n) is 17.4. The highest BCUT2D eigenvalue weighted by Gasteiger charge is 2.33. The lowest BCUT2D eigenvalue weighted by molar-refractivity contribution is 0.543. The molecule has 0 radical (unpaired) electrons. The number of rotatable bonds is 3. The maximum atomic E-state index is 14.5. The molecular weight excluding hydrogens is 433 g/mol. The number of nitrogens with zero attached hydrogens (tertiary/aromatic N) is 6. The molecule has 0 bridgehead atoms. The van der Waals surface area contributed by atoms with E-state index in [0.29, 0.717) is 42.5 Å². The van der Waals surface area contributed by atoms with Gasteiger partial charge in [-0.15, -0.1) is 0 Å². The average molecular weight is 456 g/mol. The number of sulfone groups is 1. The molecule has 2 aliphatic heterocycles. The largest absolute Gasteiger partial charge is 0.349 e. The molecule has 0 saturated carbocycles. The van der Waals surface area contributed by atoms with Crippen LogP contribution in [0.4, 0.5) is 10.2 Å². The van der Waals surface area contributed by atoms with Gasteiger partial charge in [0.05, 0.1) is 22.7 Å². The summed E-state index contributed by atoms with van der Waals surface area (Å²) in [5, 5.41) is 2.30. The molecule has 1 fully saturated rings. The molecule has 1 N–H and O–H groups in total. The molecule has 2 unspecified atom stereocenters. The van der Waals surface area contributed by atoms with Crippen LogP contribution in [-0.2, 0) is 16.3 Å². The summed E-state index contributed by atoms with van der Waals surface area (Å²) in [7, 11) is -3.34. The molecule has 166 valence electrons. The molecule has 32 heavy (non-hydrogen) atoms. The van der Waals surface area contributed by atoms with Gasteiger partial charge < -0.3 is 10.2 Å². The van der Waals surface area contributed by atoms with E-state index in [2.05, 4.69) is 30.2 Å². The quantitative estimate of drug-likeness (QED) is 0.589. The number of anilines is 1. The van der Waals surface area contributed by atoms with Crippen molar-refractivity contribution >= 4 is 15.7 Å². The van der Waals surface area contributed by atoms with Gasteiger partial charge in [0.15, 0.2) is 21.5 Å². The summed E-state index contributed by atoms with van der Waals surface area (Å²) in [5.41, 5.74) is 2.22. The lowest BCUT2D eigenvalue weighted by Gasteiger charge is -2.36. The normalized spacial score (nSPS) is 22.4. The second-order valence-electron chi connectivity index (χ2n) is 7.93. The van der Waals surface area contributed by atoms with Gasteiger partial charge in [-0.05, 0) is 30.7 Å². The van der Waals surface area contributed by atoms with Crippen LogP contribution in [0.5, 0.6) is 0 Å². The standard InChI is InChI=1S/C21H22FN7O2S/c1-13-15-11-26-21(20-24-4-2-5-25-20)27-16(15)3-7-29(13)19-10-14(9-18(22)28-19)17-12-23-6-8-32(17,30)31/h2,4-5,9-11,13,17,23H,3,6-8,12H2,1H3. The molecule has 2 atom stereocenters. The Balaban J connectivity index is 1.46. The van der Waals surface area contributed by atoms with Crippen LogP contribution in [0.3, 0.4) is 0 Å². The average Bonchev–Trinajstić information content (AvgIpc) is 2.79. The third-order valence-electron chi connectivity index (χ3n) is 5.97. The maximum Gasteiger partial charge on any atom is 0.215 e. The van der Waals surface area contributed by atoms with Crippen LogP contribution >= 0.6 is 0 Å². The highest BCUT2D eigenvalue weighted by molar-refractivity contribution is 7.91. The van der Waals surface area contributed by atoms with Crippen molar-refractivity contribution in [2.24, 2.45) is 0 Å². The van der Waals surface area contributed by atoms with Gasteiger partial charge in [0, 0.05) is 50.2 Å². The summed E-state index contributed by atoms with van der Waals surface area (Å²) in [6.45, 7) is 3.22. The summed E-state index contributed by atoms with van der Waals surface area (Å²) in [5.74, 6) is 0.684. The van der Waals surface area contributed by atoms with E-state index >= 15 is 0 Å². The zero-order chi connectivity index (χ0) is 22.3. The minimum atomic E-state index is -3.34. The van der Waals surface area contributed by atoms with Crippen molar-refractivity contribution < 1.29 is 12.8 Å². The first-order valence-electron chi connectivity index (χ1n) is 10.4. The summed E-state index contributed by atoms with van der Waals surface area (Å²) < 4.78 is 39.5. The van der Waals surface area contributed by atoms with E-state index in [4.69, 9.17) is 0 Å². The molecule has 0 spiro atoms. The van der Waals surface area contributed by atoms with Crippen LogP contribution in [0, 0.1) is 5.95 Å². The lowest BCUT2D eigenvalue weighted by atomic mass is 9.99. The number of halogens is 1. The summed E-state index contributed by atoms with van der Waals surface area (Å²) in [4.78, 5) is 23.5. The number of pyridine rings is 1. The van der Waals surface area contributed by atoms with Crippen molar-refractivity contribution in [1.29, 1.82) is 0 Å². The van der Waals surface area contributed by atoms with Crippen molar-refractivity contribution in [3.05, 3.63) is 59.6 Å². The smallest absolute Gasteiger partial charge is 0.215 e. The monoisotopic (exact) mass is 455 g/mol. The first kappa shape index (κ1) is 20.8. The van der Waals surface area contributed by atoms with Crippen molar-refractivity contribution in [3.8, 4) is 11.6 Å². The molecule has 2 aliphatic rings. The lowest BCUT2D eigenvalue weighted by Crippen LogP contribution is -2.39. The second-order valence-corrected chi connectivity index (χ2v) is 10.2. The fraction of sp³-hybridized carbons (Fsp3) is 0.381. The Kier molecular flexibility index (Phi) is 5.30. The van der Waals surface area contributed by atoms with Gasteiger partial charge in [0.25, 0.3) is 0 Å². The summed E-state index contributed by atoms with van der Waals surface area (Å²) in [6.07, 6.45) is 5.65. The van der Waals surface area contributed by atoms with Crippen molar-refractivity contribution in [1.82, 2.24) is 30.2 Å². The Hall–Kier alpha value is -3.05. The van der Waals surface area contributed by atoms with E-state index < -0.39 is 21.0 Å². The third kappa shape index (κ3) is 3.82. The molecular formula is C21H22FN7O2S. The van der Waals surface area contributed by atoms with Crippen LogP contribution in [0.1, 0.15) is 35.0 Å². The summed E-state index contributed by atoms with van der Waals surface area (Å²) in [6, 6.07) is 4.48. The Morgan fingerprint density at radius 2 is 1.94 bits per heavy atom.